The fraction of sp³-hybridized carbons (Fsp3) is 0.429. The van der Waals surface area contributed by atoms with Gasteiger partial charge in [-0.25, -0.2) is 9.97 Å². The van der Waals surface area contributed by atoms with Crippen LogP contribution in [0.2, 0.25) is 0 Å². The summed E-state index contributed by atoms with van der Waals surface area (Å²) in [7, 11) is 0. The fourth-order valence-electron chi connectivity index (χ4n) is 3.72. The van der Waals surface area contributed by atoms with Crippen LogP contribution in [0.3, 0.4) is 0 Å². The third-order valence-electron chi connectivity index (χ3n) is 5.05. The average molecular weight is 380 g/mol. The molecular formula is C21H24N4O3. The maximum absolute atomic E-state index is 12.4. The minimum atomic E-state index is -0.0268. The van der Waals surface area contributed by atoms with Crippen LogP contribution in [0.15, 0.2) is 34.9 Å². The first-order valence-corrected chi connectivity index (χ1v) is 9.68. The van der Waals surface area contributed by atoms with E-state index in [0.29, 0.717) is 17.3 Å². The van der Waals surface area contributed by atoms with Crippen molar-refractivity contribution in [2.45, 2.75) is 58.1 Å². The number of carbonyl (C=O) groups is 1. The highest BCUT2D eigenvalue weighted by atomic mass is 16.5. The SMILES string of the molecule is Cc1cc(C)nc(OC2CCC(NC(=O)Cc3noc4ccccc34)CC2)n1. The number of fused-ring (bicyclic) bond motifs is 1. The van der Waals surface area contributed by atoms with Gasteiger partial charge in [0, 0.05) is 22.8 Å². The van der Waals surface area contributed by atoms with Crippen molar-refractivity contribution in [2.24, 2.45) is 0 Å². The van der Waals surface area contributed by atoms with Crippen molar-refractivity contribution in [3.05, 3.63) is 47.4 Å². The molecule has 1 saturated carbocycles. The summed E-state index contributed by atoms with van der Waals surface area (Å²) in [6.45, 7) is 3.87. The van der Waals surface area contributed by atoms with E-state index >= 15 is 0 Å². The van der Waals surface area contributed by atoms with E-state index in [9.17, 15) is 4.79 Å². The number of hydrogen-bond donors (Lipinski definition) is 1. The Morgan fingerprint density at radius 2 is 1.86 bits per heavy atom. The first-order valence-electron chi connectivity index (χ1n) is 9.68. The Morgan fingerprint density at radius 1 is 1.14 bits per heavy atom. The molecule has 0 aliphatic heterocycles. The standard InChI is InChI=1S/C21H24N4O3/c1-13-11-14(2)23-21(22-13)27-16-9-7-15(8-10-16)24-20(26)12-18-17-5-3-4-6-19(17)28-25-18/h3-6,11,15-16H,7-10,12H2,1-2H3,(H,24,26). The molecule has 0 spiro atoms. The number of aromatic nitrogens is 3. The molecule has 1 fully saturated rings. The third-order valence-corrected chi connectivity index (χ3v) is 5.05. The number of para-hydroxylation sites is 1. The summed E-state index contributed by atoms with van der Waals surface area (Å²) in [4.78, 5) is 21.1. The molecule has 1 aromatic carbocycles. The molecular weight excluding hydrogens is 356 g/mol. The van der Waals surface area contributed by atoms with Crippen molar-refractivity contribution >= 4 is 16.9 Å². The molecule has 2 heterocycles. The molecule has 4 rings (SSSR count). The van der Waals surface area contributed by atoms with Crippen LogP contribution in [-0.2, 0) is 11.2 Å². The lowest BCUT2D eigenvalue weighted by molar-refractivity contribution is -0.121. The van der Waals surface area contributed by atoms with Crippen LogP contribution in [0.4, 0.5) is 0 Å². The Kier molecular flexibility index (Phi) is 5.23. The first-order chi connectivity index (χ1) is 13.6. The van der Waals surface area contributed by atoms with Gasteiger partial charge in [-0.05, 0) is 57.7 Å². The van der Waals surface area contributed by atoms with Crippen LogP contribution in [0.5, 0.6) is 6.01 Å². The maximum atomic E-state index is 12.4. The summed E-state index contributed by atoms with van der Waals surface area (Å²) in [5, 5.41) is 8.04. The molecule has 0 saturated heterocycles. The van der Waals surface area contributed by atoms with E-state index in [1.165, 1.54) is 0 Å². The van der Waals surface area contributed by atoms with Crippen molar-refractivity contribution in [2.75, 3.05) is 0 Å². The number of amides is 1. The molecule has 0 unspecified atom stereocenters. The van der Waals surface area contributed by atoms with Crippen LogP contribution in [0.1, 0.15) is 42.8 Å². The molecule has 3 aromatic rings. The molecule has 7 nitrogen and oxygen atoms in total. The van der Waals surface area contributed by atoms with Gasteiger partial charge in [-0.1, -0.05) is 17.3 Å². The minimum Gasteiger partial charge on any atom is -0.460 e. The summed E-state index contributed by atoms with van der Waals surface area (Å²) in [5.74, 6) is -0.0268. The highest BCUT2D eigenvalue weighted by molar-refractivity contribution is 5.86. The van der Waals surface area contributed by atoms with E-state index in [1.807, 2.05) is 44.2 Å². The molecule has 1 aliphatic rings. The zero-order valence-electron chi connectivity index (χ0n) is 16.1. The van der Waals surface area contributed by atoms with Crippen molar-refractivity contribution in [1.82, 2.24) is 20.4 Å². The average Bonchev–Trinajstić information content (AvgIpc) is 3.05. The smallest absolute Gasteiger partial charge is 0.317 e. The molecule has 7 heteroatoms. The quantitative estimate of drug-likeness (QED) is 0.730. The van der Waals surface area contributed by atoms with Gasteiger partial charge in [0.15, 0.2) is 5.58 Å². The number of benzene rings is 1. The number of ether oxygens (including phenoxy) is 1. The van der Waals surface area contributed by atoms with Gasteiger partial charge in [-0.2, -0.15) is 0 Å². The second kappa shape index (κ2) is 7.96. The number of rotatable bonds is 5. The van der Waals surface area contributed by atoms with E-state index < -0.39 is 0 Å². The van der Waals surface area contributed by atoms with Crippen LogP contribution < -0.4 is 10.1 Å². The Bertz CT molecular complexity index is 956. The number of nitrogens with one attached hydrogen (secondary N) is 1. The maximum Gasteiger partial charge on any atom is 0.317 e. The zero-order chi connectivity index (χ0) is 19.5. The van der Waals surface area contributed by atoms with Gasteiger partial charge < -0.3 is 14.6 Å². The van der Waals surface area contributed by atoms with Crippen molar-refractivity contribution in [3.63, 3.8) is 0 Å². The van der Waals surface area contributed by atoms with Gasteiger partial charge in [0.1, 0.15) is 11.8 Å². The van der Waals surface area contributed by atoms with Crippen molar-refractivity contribution in [1.29, 1.82) is 0 Å². The number of carbonyl (C=O) groups excluding carboxylic acids is 1. The van der Waals surface area contributed by atoms with E-state index in [1.54, 1.807) is 0 Å². The second-order valence-electron chi connectivity index (χ2n) is 7.39. The van der Waals surface area contributed by atoms with E-state index in [2.05, 4.69) is 20.4 Å². The third kappa shape index (κ3) is 4.30. The second-order valence-corrected chi connectivity index (χ2v) is 7.39. The molecule has 0 radical (unpaired) electrons. The Hall–Kier alpha value is -2.96. The van der Waals surface area contributed by atoms with Crippen LogP contribution >= 0.6 is 0 Å². The molecule has 28 heavy (non-hydrogen) atoms. The van der Waals surface area contributed by atoms with Crippen LogP contribution in [0.25, 0.3) is 11.0 Å². The molecule has 0 atom stereocenters. The zero-order valence-corrected chi connectivity index (χ0v) is 16.1. The molecule has 1 aliphatic carbocycles. The van der Waals surface area contributed by atoms with Gasteiger partial charge >= 0.3 is 6.01 Å². The Morgan fingerprint density at radius 3 is 2.61 bits per heavy atom. The van der Waals surface area contributed by atoms with Gasteiger partial charge in [-0.15, -0.1) is 0 Å². The van der Waals surface area contributed by atoms with Crippen LogP contribution in [-0.4, -0.2) is 33.2 Å². The van der Waals surface area contributed by atoms with E-state index in [-0.39, 0.29) is 24.5 Å². The molecule has 0 bridgehead atoms. The molecule has 2 aromatic heterocycles. The Labute approximate surface area is 163 Å². The summed E-state index contributed by atoms with van der Waals surface area (Å²) in [6, 6.07) is 10.1. The topological polar surface area (TPSA) is 90.1 Å². The first kappa shape index (κ1) is 18.4. The molecule has 1 amide bonds. The normalized spacial score (nSPS) is 19.5. The number of nitrogens with zero attached hydrogens (tertiary/aromatic N) is 3. The highest BCUT2D eigenvalue weighted by Crippen LogP contribution is 2.23. The molecule has 146 valence electrons. The lowest BCUT2D eigenvalue weighted by Crippen LogP contribution is -2.40. The summed E-state index contributed by atoms with van der Waals surface area (Å²) in [6.07, 6.45) is 3.81. The van der Waals surface area contributed by atoms with Crippen molar-refractivity contribution < 1.29 is 14.1 Å². The lowest BCUT2D eigenvalue weighted by atomic mass is 9.93. The Balaban J connectivity index is 1.27. The molecule has 1 N–H and O–H groups in total. The summed E-state index contributed by atoms with van der Waals surface area (Å²) in [5.41, 5.74) is 3.20. The number of hydrogen-bond acceptors (Lipinski definition) is 6. The monoisotopic (exact) mass is 380 g/mol. The van der Waals surface area contributed by atoms with E-state index in [0.717, 1.165) is 42.5 Å². The largest absolute Gasteiger partial charge is 0.460 e. The summed E-state index contributed by atoms with van der Waals surface area (Å²) < 4.78 is 11.2. The lowest BCUT2D eigenvalue weighted by Gasteiger charge is -2.28. The van der Waals surface area contributed by atoms with Gasteiger partial charge in [0.05, 0.1) is 6.42 Å². The summed E-state index contributed by atoms with van der Waals surface area (Å²) >= 11 is 0. The van der Waals surface area contributed by atoms with E-state index in [4.69, 9.17) is 9.26 Å². The minimum absolute atomic E-state index is 0.0268. The highest BCUT2D eigenvalue weighted by Gasteiger charge is 2.25. The predicted octanol–water partition coefficient (Wildman–Crippen LogP) is 3.28. The number of aryl methyl sites for hydroxylation is 2. The fourth-order valence-corrected chi connectivity index (χ4v) is 3.72. The van der Waals surface area contributed by atoms with Gasteiger partial charge in [0.25, 0.3) is 0 Å². The predicted molar refractivity (Wildman–Crippen MR) is 104 cm³/mol. The van der Waals surface area contributed by atoms with Crippen molar-refractivity contribution in [3.8, 4) is 6.01 Å². The van der Waals surface area contributed by atoms with Gasteiger partial charge in [-0.3, -0.25) is 4.79 Å². The van der Waals surface area contributed by atoms with Crippen LogP contribution in [0, 0.1) is 13.8 Å². The van der Waals surface area contributed by atoms with Gasteiger partial charge in [0.2, 0.25) is 5.91 Å².